The molecule has 0 aliphatic heterocycles. The third kappa shape index (κ3) is 4.73. The molecule has 2 N–H and O–H groups in total. The Labute approximate surface area is 169 Å². The van der Waals surface area contributed by atoms with Gasteiger partial charge in [0.05, 0.1) is 16.8 Å². The van der Waals surface area contributed by atoms with Gasteiger partial charge in [-0.3, -0.25) is 9.78 Å². The van der Waals surface area contributed by atoms with Gasteiger partial charge in [0.1, 0.15) is 0 Å². The molecule has 0 bridgehead atoms. The van der Waals surface area contributed by atoms with E-state index in [4.69, 9.17) is 0 Å². The number of anilines is 2. The number of rotatable bonds is 7. The predicted molar refractivity (Wildman–Crippen MR) is 114 cm³/mol. The van der Waals surface area contributed by atoms with E-state index >= 15 is 0 Å². The molecular formula is C23H21N5O. The fourth-order valence-corrected chi connectivity index (χ4v) is 3.08. The summed E-state index contributed by atoms with van der Waals surface area (Å²) >= 11 is 0. The molecule has 0 saturated heterocycles. The van der Waals surface area contributed by atoms with E-state index in [9.17, 15) is 4.79 Å². The summed E-state index contributed by atoms with van der Waals surface area (Å²) in [6.45, 7) is 0.607. The summed E-state index contributed by atoms with van der Waals surface area (Å²) in [5.41, 5.74) is 3.37. The maximum absolute atomic E-state index is 12.3. The van der Waals surface area contributed by atoms with Crippen LogP contribution in [-0.4, -0.2) is 27.4 Å². The van der Waals surface area contributed by atoms with Gasteiger partial charge in [0.2, 0.25) is 5.95 Å². The fraction of sp³-hybridized carbons (Fsp3) is 0.130. The number of nitrogens with one attached hydrogen (secondary N) is 2. The van der Waals surface area contributed by atoms with Crippen LogP contribution in [-0.2, 0) is 6.42 Å². The third-order valence-electron chi connectivity index (χ3n) is 4.56. The van der Waals surface area contributed by atoms with Crippen molar-refractivity contribution >= 4 is 28.4 Å². The second-order valence-corrected chi connectivity index (χ2v) is 6.65. The van der Waals surface area contributed by atoms with Crippen molar-refractivity contribution in [3.63, 3.8) is 0 Å². The van der Waals surface area contributed by atoms with Crippen molar-refractivity contribution in [2.24, 2.45) is 0 Å². The molecule has 4 aromatic rings. The first kappa shape index (κ1) is 18.6. The SMILES string of the molecule is O=C(NCCCc1ccccc1)c1cnc(Nc2cccc3cccnc23)nc1. The van der Waals surface area contributed by atoms with Crippen LogP contribution in [0.25, 0.3) is 10.9 Å². The van der Waals surface area contributed by atoms with Crippen molar-refractivity contribution in [3.05, 3.63) is 90.4 Å². The fourth-order valence-electron chi connectivity index (χ4n) is 3.08. The van der Waals surface area contributed by atoms with Crippen LogP contribution in [0.5, 0.6) is 0 Å². The molecule has 4 rings (SSSR count). The van der Waals surface area contributed by atoms with Crippen LogP contribution in [0.4, 0.5) is 11.6 Å². The molecule has 0 fully saturated rings. The van der Waals surface area contributed by atoms with E-state index in [1.54, 1.807) is 6.20 Å². The molecule has 144 valence electrons. The Bertz CT molecular complexity index is 1090. The molecule has 6 nitrogen and oxygen atoms in total. The summed E-state index contributed by atoms with van der Waals surface area (Å²) in [5.74, 6) is 0.250. The normalized spacial score (nSPS) is 10.6. The van der Waals surface area contributed by atoms with Gasteiger partial charge in [-0.1, -0.05) is 48.5 Å². The van der Waals surface area contributed by atoms with Crippen molar-refractivity contribution in [2.75, 3.05) is 11.9 Å². The number of benzene rings is 2. The largest absolute Gasteiger partial charge is 0.352 e. The number of carbonyl (C=O) groups is 1. The van der Waals surface area contributed by atoms with E-state index in [-0.39, 0.29) is 5.91 Å². The Morgan fingerprint density at radius 2 is 1.66 bits per heavy atom. The van der Waals surface area contributed by atoms with Crippen LogP contribution in [0.1, 0.15) is 22.3 Å². The monoisotopic (exact) mass is 383 g/mol. The molecule has 0 unspecified atom stereocenters. The molecule has 0 spiro atoms. The van der Waals surface area contributed by atoms with E-state index in [1.807, 2.05) is 48.5 Å². The summed E-state index contributed by atoms with van der Waals surface area (Å²) in [4.78, 5) is 25.2. The summed E-state index contributed by atoms with van der Waals surface area (Å²) in [6, 6.07) is 20.0. The minimum atomic E-state index is -0.170. The van der Waals surface area contributed by atoms with E-state index in [1.165, 1.54) is 18.0 Å². The van der Waals surface area contributed by atoms with Crippen LogP contribution in [0.3, 0.4) is 0 Å². The van der Waals surface area contributed by atoms with Gasteiger partial charge in [-0.25, -0.2) is 9.97 Å². The van der Waals surface area contributed by atoms with Crippen LogP contribution < -0.4 is 10.6 Å². The van der Waals surface area contributed by atoms with Gasteiger partial charge in [0.15, 0.2) is 0 Å². The number of carbonyl (C=O) groups excluding carboxylic acids is 1. The highest BCUT2D eigenvalue weighted by Crippen LogP contribution is 2.22. The summed E-state index contributed by atoms with van der Waals surface area (Å²) in [6.07, 6.45) is 6.62. The number of aryl methyl sites for hydroxylation is 1. The number of nitrogens with zero attached hydrogens (tertiary/aromatic N) is 3. The molecule has 1 amide bonds. The highest BCUT2D eigenvalue weighted by atomic mass is 16.1. The molecule has 2 heterocycles. The summed E-state index contributed by atoms with van der Waals surface area (Å²) in [7, 11) is 0. The first-order valence-corrected chi connectivity index (χ1v) is 9.54. The van der Waals surface area contributed by atoms with Gasteiger partial charge in [-0.05, 0) is 30.5 Å². The van der Waals surface area contributed by atoms with E-state index < -0.39 is 0 Å². The number of fused-ring (bicyclic) bond motifs is 1. The molecule has 0 aliphatic rings. The minimum absolute atomic E-state index is 0.170. The first-order valence-electron chi connectivity index (χ1n) is 9.54. The quantitative estimate of drug-likeness (QED) is 0.469. The Kier molecular flexibility index (Phi) is 5.71. The van der Waals surface area contributed by atoms with E-state index in [0.29, 0.717) is 18.1 Å². The van der Waals surface area contributed by atoms with Crippen molar-refractivity contribution in [1.82, 2.24) is 20.3 Å². The average Bonchev–Trinajstić information content (AvgIpc) is 2.78. The molecule has 0 saturated carbocycles. The lowest BCUT2D eigenvalue weighted by molar-refractivity contribution is 0.0952. The zero-order valence-electron chi connectivity index (χ0n) is 15.9. The lowest BCUT2D eigenvalue weighted by Crippen LogP contribution is -2.25. The zero-order valence-corrected chi connectivity index (χ0v) is 15.9. The highest BCUT2D eigenvalue weighted by Gasteiger charge is 2.08. The van der Waals surface area contributed by atoms with Crippen LogP contribution in [0.2, 0.25) is 0 Å². The van der Waals surface area contributed by atoms with Gasteiger partial charge < -0.3 is 10.6 Å². The number of pyridine rings is 1. The van der Waals surface area contributed by atoms with E-state index in [2.05, 4.69) is 37.7 Å². The predicted octanol–water partition coefficient (Wildman–Crippen LogP) is 4.13. The molecule has 0 aliphatic carbocycles. The van der Waals surface area contributed by atoms with Crippen LogP contribution >= 0.6 is 0 Å². The van der Waals surface area contributed by atoms with Gasteiger partial charge in [0, 0.05) is 30.5 Å². The molecule has 6 heteroatoms. The molecule has 0 atom stereocenters. The standard InChI is InChI=1S/C23H21N5O/c29-22(25-14-5-9-17-7-2-1-3-8-17)19-15-26-23(27-16-19)28-20-12-4-10-18-11-6-13-24-21(18)20/h1-4,6-8,10-13,15-16H,5,9,14H2,(H,25,29)(H,26,27,28). The summed E-state index contributed by atoms with van der Waals surface area (Å²) in [5, 5.41) is 7.11. The number of hydrogen-bond acceptors (Lipinski definition) is 5. The summed E-state index contributed by atoms with van der Waals surface area (Å²) < 4.78 is 0. The maximum atomic E-state index is 12.3. The van der Waals surface area contributed by atoms with Crippen molar-refractivity contribution < 1.29 is 4.79 Å². The Balaban J connectivity index is 1.33. The molecule has 2 aromatic carbocycles. The third-order valence-corrected chi connectivity index (χ3v) is 4.56. The second-order valence-electron chi connectivity index (χ2n) is 6.65. The number of amides is 1. The van der Waals surface area contributed by atoms with Crippen molar-refractivity contribution in [2.45, 2.75) is 12.8 Å². The average molecular weight is 383 g/mol. The van der Waals surface area contributed by atoms with Gasteiger partial charge in [-0.15, -0.1) is 0 Å². The zero-order chi connectivity index (χ0) is 19.9. The Morgan fingerprint density at radius 1 is 0.862 bits per heavy atom. The number of hydrogen-bond donors (Lipinski definition) is 2. The van der Waals surface area contributed by atoms with Gasteiger partial charge >= 0.3 is 0 Å². The highest BCUT2D eigenvalue weighted by molar-refractivity contribution is 5.94. The van der Waals surface area contributed by atoms with Crippen molar-refractivity contribution in [3.8, 4) is 0 Å². The van der Waals surface area contributed by atoms with Gasteiger partial charge in [-0.2, -0.15) is 0 Å². The van der Waals surface area contributed by atoms with E-state index in [0.717, 1.165) is 29.4 Å². The minimum Gasteiger partial charge on any atom is -0.352 e. The number of aromatic nitrogens is 3. The Morgan fingerprint density at radius 3 is 2.48 bits per heavy atom. The van der Waals surface area contributed by atoms with Gasteiger partial charge in [0.25, 0.3) is 5.91 Å². The van der Waals surface area contributed by atoms with Crippen LogP contribution in [0.15, 0.2) is 79.3 Å². The van der Waals surface area contributed by atoms with Crippen molar-refractivity contribution in [1.29, 1.82) is 0 Å². The lowest BCUT2D eigenvalue weighted by atomic mass is 10.1. The molecular weight excluding hydrogens is 362 g/mol. The number of para-hydroxylation sites is 1. The topological polar surface area (TPSA) is 79.8 Å². The Hall–Kier alpha value is -3.80. The first-order chi connectivity index (χ1) is 14.3. The lowest BCUT2D eigenvalue weighted by Gasteiger charge is -2.08. The smallest absolute Gasteiger partial charge is 0.254 e. The second kappa shape index (κ2) is 8.93. The maximum Gasteiger partial charge on any atom is 0.254 e. The van der Waals surface area contributed by atoms with Crippen LogP contribution in [0, 0.1) is 0 Å². The molecule has 29 heavy (non-hydrogen) atoms. The molecule has 2 aromatic heterocycles. The molecule has 0 radical (unpaired) electrons.